The minimum atomic E-state index is 0.473. The van der Waals surface area contributed by atoms with Gasteiger partial charge < -0.3 is 5.73 Å². The van der Waals surface area contributed by atoms with Crippen LogP contribution in [0.2, 0.25) is 0 Å². The number of rotatable bonds is 2. The minimum Gasteiger partial charge on any atom is -0.325 e. The van der Waals surface area contributed by atoms with Gasteiger partial charge in [0.15, 0.2) is 0 Å². The average molecular weight is 270 g/mol. The molecule has 14 heavy (non-hydrogen) atoms. The molecule has 2 rings (SSSR count). The fraction of sp³-hybridized carbons (Fsp3) is 0.111. The van der Waals surface area contributed by atoms with Crippen molar-refractivity contribution in [2.24, 2.45) is 5.73 Å². The summed E-state index contributed by atoms with van der Waals surface area (Å²) < 4.78 is 0.956. The molecule has 0 aliphatic carbocycles. The van der Waals surface area contributed by atoms with Crippen molar-refractivity contribution < 1.29 is 0 Å². The monoisotopic (exact) mass is 269 g/mol. The van der Waals surface area contributed by atoms with E-state index in [4.69, 9.17) is 5.73 Å². The highest BCUT2D eigenvalue weighted by Crippen LogP contribution is 2.27. The molecule has 2 heterocycles. The van der Waals surface area contributed by atoms with Crippen LogP contribution in [-0.2, 0) is 6.54 Å². The number of hydrogen-bond donors (Lipinski definition) is 1. The highest BCUT2D eigenvalue weighted by molar-refractivity contribution is 9.10. The third kappa shape index (κ3) is 1.84. The topological polar surface area (TPSA) is 51.8 Å². The van der Waals surface area contributed by atoms with Crippen LogP contribution in [0.3, 0.4) is 0 Å². The Morgan fingerprint density at radius 3 is 3.00 bits per heavy atom. The van der Waals surface area contributed by atoms with E-state index in [9.17, 15) is 0 Å². The first-order valence-electron chi connectivity index (χ1n) is 4.06. The molecule has 0 spiro atoms. The smallest absolute Gasteiger partial charge is 0.143 e. The van der Waals surface area contributed by atoms with Crippen molar-refractivity contribution in [2.75, 3.05) is 0 Å². The highest BCUT2D eigenvalue weighted by atomic mass is 79.9. The molecule has 3 nitrogen and oxygen atoms in total. The van der Waals surface area contributed by atoms with Crippen molar-refractivity contribution in [2.45, 2.75) is 6.54 Å². The Morgan fingerprint density at radius 2 is 2.36 bits per heavy atom. The largest absolute Gasteiger partial charge is 0.325 e. The number of nitrogens with two attached hydrogens (primary N) is 1. The van der Waals surface area contributed by atoms with E-state index < -0.39 is 0 Å². The van der Waals surface area contributed by atoms with E-state index in [1.54, 1.807) is 17.5 Å². The van der Waals surface area contributed by atoms with Gasteiger partial charge in [0.1, 0.15) is 10.7 Å². The van der Waals surface area contributed by atoms with Gasteiger partial charge in [0, 0.05) is 22.6 Å². The van der Waals surface area contributed by atoms with E-state index in [0.717, 1.165) is 20.9 Å². The Labute approximate surface area is 94.1 Å². The number of thiazole rings is 1. The quantitative estimate of drug-likeness (QED) is 0.911. The van der Waals surface area contributed by atoms with Crippen LogP contribution >= 0.6 is 27.3 Å². The number of halogens is 1. The molecule has 0 amide bonds. The summed E-state index contributed by atoms with van der Waals surface area (Å²) in [5.74, 6) is 0. The summed E-state index contributed by atoms with van der Waals surface area (Å²) in [5, 5.41) is 2.86. The van der Waals surface area contributed by atoms with Gasteiger partial charge in [0.05, 0.1) is 5.69 Å². The second-order valence-corrected chi connectivity index (χ2v) is 4.39. The molecule has 0 radical (unpaired) electrons. The second-order valence-electron chi connectivity index (χ2n) is 2.68. The maximum absolute atomic E-state index is 5.49. The normalized spacial score (nSPS) is 10.4. The van der Waals surface area contributed by atoms with Crippen LogP contribution in [0.4, 0.5) is 0 Å². The molecule has 5 heteroatoms. The van der Waals surface area contributed by atoms with Crippen molar-refractivity contribution in [3.8, 4) is 10.7 Å². The summed E-state index contributed by atoms with van der Waals surface area (Å²) in [7, 11) is 0. The molecule has 0 unspecified atom stereocenters. The lowest BCUT2D eigenvalue weighted by Gasteiger charge is -1.97. The highest BCUT2D eigenvalue weighted by Gasteiger charge is 2.07. The Bertz CT molecular complexity index is 441. The van der Waals surface area contributed by atoms with Crippen molar-refractivity contribution >= 4 is 27.3 Å². The van der Waals surface area contributed by atoms with Crippen LogP contribution in [0.5, 0.6) is 0 Å². The Morgan fingerprint density at radius 1 is 1.50 bits per heavy atom. The Balaban J connectivity index is 2.44. The molecule has 0 fully saturated rings. The summed E-state index contributed by atoms with van der Waals surface area (Å²) in [5.41, 5.74) is 7.27. The molecule has 0 aliphatic rings. The van der Waals surface area contributed by atoms with Gasteiger partial charge in [-0.15, -0.1) is 11.3 Å². The van der Waals surface area contributed by atoms with E-state index in [2.05, 4.69) is 25.9 Å². The maximum Gasteiger partial charge on any atom is 0.143 e. The van der Waals surface area contributed by atoms with Gasteiger partial charge in [0.25, 0.3) is 0 Å². The lowest BCUT2D eigenvalue weighted by Crippen LogP contribution is -1.96. The van der Waals surface area contributed by atoms with Crippen LogP contribution in [-0.4, -0.2) is 9.97 Å². The molecule has 0 bridgehead atoms. The fourth-order valence-electron chi connectivity index (χ4n) is 1.05. The summed E-state index contributed by atoms with van der Waals surface area (Å²) in [4.78, 5) is 8.62. The van der Waals surface area contributed by atoms with E-state index in [-0.39, 0.29) is 0 Å². The SMILES string of the molecule is NCc1csc(-c2ncccc2Br)n1. The molecule has 2 aromatic rings. The van der Waals surface area contributed by atoms with Crippen molar-refractivity contribution in [1.29, 1.82) is 0 Å². The summed E-state index contributed by atoms with van der Waals surface area (Å²) >= 11 is 4.99. The van der Waals surface area contributed by atoms with Crippen LogP contribution in [0.15, 0.2) is 28.2 Å². The molecule has 0 aromatic carbocycles. The minimum absolute atomic E-state index is 0.473. The Hall–Kier alpha value is -0.780. The fourth-order valence-corrected chi connectivity index (χ4v) is 2.47. The first kappa shape index (κ1) is 9.76. The predicted octanol–water partition coefficient (Wildman–Crippen LogP) is 2.43. The molecule has 0 atom stereocenters. The number of nitrogens with zero attached hydrogens (tertiary/aromatic N) is 2. The first-order chi connectivity index (χ1) is 6.81. The third-order valence-corrected chi connectivity index (χ3v) is 3.26. The number of hydrogen-bond acceptors (Lipinski definition) is 4. The molecule has 0 saturated heterocycles. The zero-order valence-corrected chi connectivity index (χ0v) is 9.68. The van der Waals surface area contributed by atoms with Gasteiger partial charge in [-0.25, -0.2) is 4.98 Å². The van der Waals surface area contributed by atoms with Gasteiger partial charge in [-0.3, -0.25) is 4.98 Å². The van der Waals surface area contributed by atoms with Gasteiger partial charge in [0.2, 0.25) is 0 Å². The van der Waals surface area contributed by atoms with Crippen LogP contribution < -0.4 is 5.73 Å². The third-order valence-electron chi connectivity index (χ3n) is 1.72. The van der Waals surface area contributed by atoms with Crippen LogP contribution in [0.1, 0.15) is 5.69 Å². The molecule has 2 aromatic heterocycles. The standard InChI is InChI=1S/C9H8BrN3S/c10-7-2-1-3-12-8(7)9-13-6(4-11)5-14-9/h1-3,5H,4,11H2. The first-order valence-corrected chi connectivity index (χ1v) is 5.74. The van der Waals surface area contributed by atoms with E-state index in [1.807, 2.05) is 17.5 Å². The van der Waals surface area contributed by atoms with Gasteiger partial charge >= 0.3 is 0 Å². The zero-order chi connectivity index (χ0) is 9.97. The van der Waals surface area contributed by atoms with Crippen LogP contribution in [0, 0.1) is 0 Å². The second kappa shape index (κ2) is 4.16. The van der Waals surface area contributed by atoms with Crippen molar-refractivity contribution in [3.63, 3.8) is 0 Å². The van der Waals surface area contributed by atoms with Gasteiger partial charge in [-0.05, 0) is 28.1 Å². The van der Waals surface area contributed by atoms with Gasteiger partial charge in [-0.1, -0.05) is 0 Å². The molecule has 2 N–H and O–H groups in total. The average Bonchev–Trinajstić information content (AvgIpc) is 2.67. The van der Waals surface area contributed by atoms with E-state index in [0.29, 0.717) is 6.54 Å². The molecule has 72 valence electrons. The lowest BCUT2D eigenvalue weighted by molar-refractivity contribution is 1.01. The number of pyridine rings is 1. The van der Waals surface area contributed by atoms with E-state index >= 15 is 0 Å². The molecule has 0 saturated carbocycles. The van der Waals surface area contributed by atoms with Crippen molar-refractivity contribution in [1.82, 2.24) is 9.97 Å². The number of aromatic nitrogens is 2. The maximum atomic E-state index is 5.49. The van der Waals surface area contributed by atoms with Crippen LogP contribution in [0.25, 0.3) is 10.7 Å². The predicted molar refractivity (Wildman–Crippen MR) is 60.9 cm³/mol. The molecular weight excluding hydrogens is 262 g/mol. The molecular formula is C9H8BrN3S. The van der Waals surface area contributed by atoms with E-state index in [1.165, 1.54) is 0 Å². The Kier molecular flexibility index (Phi) is 2.90. The summed E-state index contributed by atoms with van der Waals surface area (Å²) in [6.07, 6.45) is 1.75. The zero-order valence-electron chi connectivity index (χ0n) is 7.27. The lowest BCUT2D eigenvalue weighted by atomic mass is 10.3. The van der Waals surface area contributed by atoms with Gasteiger partial charge in [-0.2, -0.15) is 0 Å². The van der Waals surface area contributed by atoms with Crippen molar-refractivity contribution in [3.05, 3.63) is 33.9 Å². The summed E-state index contributed by atoms with van der Waals surface area (Å²) in [6, 6.07) is 3.83. The molecule has 0 aliphatic heterocycles. The summed E-state index contributed by atoms with van der Waals surface area (Å²) in [6.45, 7) is 0.473.